The molecule has 2 atom stereocenters. The highest BCUT2D eigenvalue weighted by Crippen LogP contribution is 2.63. The van der Waals surface area contributed by atoms with E-state index < -0.39 is 16.8 Å². The topological polar surface area (TPSA) is 35.5 Å². The smallest absolute Gasteiger partial charge is 0.225 e. The molecule has 0 bridgehead atoms. The summed E-state index contributed by atoms with van der Waals surface area (Å²) in [6.45, 7) is 3.54. The van der Waals surface area contributed by atoms with Crippen LogP contribution in [0.2, 0.25) is 0 Å². The molecule has 0 N–H and O–H groups in total. The SMILES string of the molecule is CC(=O)[C@]12C=C(c3ccccc3)O[C@@]1(C)OC(c1ccccc1)(c1ccccc1)C2. The van der Waals surface area contributed by atoms with Crippen molar-refractivity contribution in [2.75, 3.05) is 0 Å². The van der Waals surface area contributed by atoms with E-state index in [4.69, 9.17) is 9.47 Å². The van der Waals surface area contributed by atoms with Crippen LogP contribution in [-0.4, -0.2) is 11.6 Å². The summed E-state index contributed by atoms with van der Waals surface area (Å²) in [6.07, 6.45) is 2.47. The third kappa shape index (κ3) is 2.59. The molecule has 0 spiro atoms. The van der Waals surface area contributed by atoms with Gasteiger partial charge < -0.3 is 9.47 Å². The van der Waals surface area contributed by atoms with Crippen molar-refractivity contribution in [1.82, 2.24) is 0 Å². The molecule has 5 rings (SSSR count). The maximum absolute atomic E-state index is 13.2. The standard InChI is InChI=1S/C27H24O3/c1-20(28)26-18-24(21-12-6-3-7-13-21)29-25(26,2)30-27(19-26,22-14-8-4-9-15-22)23-16-10-5-11-17-23/h3-18H,19H2,1-2H3/t25-,26+/m0/s1. The fourth-order valence-electron chi connectivity index (χ4n) is 4.96. The Morgan fingerprint density at radius 2 is 1.30 bits per heavy atom. The minimum absolute atomic E-state index is 0.0460. The quantitative estimate of drug-likeness (QED) is 0.566. The first kappa shape index (κ1) is 18.8. The predicted molar refractivity (Wildman–Crippen MR) is 116 cm³/mol. The van der Waals surface area contributed by atoms with Crippen LogP contribution >= 0.6 is 0 Å². The largest absolute Gasteiger partial charge is 0.461 e. The molecule has 0 amide bonds. The van der Waals surface area contributed by atoms with Gasteiger partial charge in [-0.3, -0.25) is 4.79 Å². The first-order valence-electron chi connectivity index (χ1n) is 10.3. The van der Waals surface area contributed by atoms with Crippen LogP contribution in [0.1, 0.15) is 37.0 Å². The van der Waals surface area contributed by atoms with Crippen molar-refractivity contribution in [3.8, 4) is 0 Å². The molecule has 0 aromatic heterocycles. The number of Topliss-reactive ketones (excluding diaryl/α,β-unsaturated/α-hetero) is 1. The molecule has 150 valence electrons. The van der Waals surface area contributed by atoms with Crippen LogP contribution in [-0.2, 0) is 19.9 Å². The van der Waals surface area contributed by atoms with Crippen LogP contribution in [0, 0.1) is 5.41 Å². The fraction of sp³-hybridized carbons (Fsp3) is 0.222. The third-order valence-electron chi connectivity index (χ3n) is 6.56. The summed E-state index contributed by atoms with van der Waals surface area (Å²) >= 11 is 0. The number of benzene rings is 3. The highest BCUT2D eigenvalue weighted by molar-refractivity contribution is 5.90. The minimum atomic E-state index is -1.10. The van der Waals surface area contributed by atoms with Gasteiger partial charge in [0.1, 0.15) is 22.6 Å². The number of ketones is 1. The second kappa shape index (κ2) is 6.68. The monoisotopic (exact) mass is 396 g/mol. The zero-order valence-corrected chi connectivity index (χ0v) is 17.2. The van der Waals surface area contributed by atoms with Crippen molar-refractivity contribution >= 4 is 11.5 Å². The molecule has 0 radical (unpaired) electrons. The summed E-state index contributed by atoms with van der Waals surface area (Å²) in [7, 11) is 0. The van der Waals surface area contributed by atoms with E-state index in [-0.39, 0.29) is 5.78 Å². The lowest BCUT2D eigenvalue weighted by atomic mass is 9.70. The van der Waals surface area contributed by atoms with Gasteiger partial charge in [-0.15, -0.1) is 0 Å². The lowest BCUT2D eigenvalue weighted by Crippen LogP contribution is -2.44. The van der Waals surface area contributed by atoms with Gasteiger partial charge in [0.05, 0.1) is 0 Å². The highest BCUT2D eigenvalue weighted by atomic mass is 16.7. The summed E-state index contributed by atoms with van der Waals surface area (Å²) in [5.41, 5.74) is 1.32. The molecule has 3 aromatic rings. The molecule has 0 unspecified atom stereocenters. The number of carbonyl (C=O) groups excluding carboxylic acids is 1. The molecule has 0 aliphatic carbocycles. The molecule has 2 aliphatic rings. The summed E-state index contributed by atoms with van der Waals surface area (Å²) in [5, 5.41) is 0. The summed E-state index contributed by atoms with van der Waals surface area (Å²) in [5.74, 6) is -0.358. The number of fused-ring (bicyclic) bond motifs is 1. The highest BCUT2D eigenvalue weighted by Gasteiger charge is 2.69. The molecule has 3 heteroatoms. The number of hydrogen-bond acceptors (Lipinski definition) is 3. The van der Waals surface area contributed by atoms with Gasteiger partial charge in [-0.05, 0) is 24.1 Å². The van der Waals surface area contributed by atoms with Gasteiger partial charge in [0.2, 0.25) is 5.79 Å². The van der Waals surface area contributed by atoms with Crippen molar-refractivity contribution in [1.29, 1.82) is 0 Å². The van der Waals surface area contributed by atoms with Crippen molar-refractivity contribution < 1.29 is 14.3 Å². The van der Waals surface area contributed by atoms with Crippen molar-refractivity contribution in [3.05, 3.63) is 114 Å². The average Bonchev–Trinajstić information content (AvgIpc) is 3.22. The molecule has 3 aromatic carbocycles. The van der Waals surface area contributed by atoms with Crippen LogP contribution in [0.25, 0.3) is 5.76 Å². The van der Waals surface area contributed by atoms with Crippen molar-refractivity contribution in [2.45, 2.75) is 31.7 Å². The van der Waals surface area contributed by atoms with E-state index in [9.17, 15) is 4.79 Å². The maximum atomic E-state index is 13.2. The zero-order valence-electron chi connectivity index (χ0n) is 17.2. The van der Waals surface area contributed by atoms with Crippen molar-refractivity contribution in [2.24, 2.45) is 5.41 Å². The first-order chi connectivity index (χ1) is 14.5. The molecule has 2 aliphatic heterocycles. The van der Waals surface area contributed by atoms with Gasteiger partial charge in [-0.2, -0.15) is 0 Å². The van der Waals surface area contributed by atoms with Crippen molar-refractivity contribution in [3.63, 3.8) is 0 Å². The van der Waals surface area contributed by atoms with E-state index >= 15 is 0 Å². The van der Waals surface area contributed by atoms with E-state index in [1.807, 2.05) is 79.7 Å². The summed E-state index contributed by atoms with van der Waals surface area (Å²) in [4.78, 5) is 13.2. The fourth-order valence-corrected chi connectivity index (χ4v) is 4.96. The van der Waals surface area contributed by atoms with Crippen LogP contribution in [0.3, 0.4) is 0 Å². The second-order valence-corrected chi connectivity index (χ2v) is 8.29. The molecule has 2 heterocycles. The van der Waals surface area contributed by atoms with Crippen LogP contribution in [0.5, 0.6) is 0 Å². The molecule has 0 saturated carbocycles. The third-order valence-corrected chi connectivity index (χ3v) is 6.56. The molecular weight excluding hydrogens is 372 g/mol. The Labute approximate surface area is 177 Å². The number of ether oxygens (including phenoxy) is 2. The van der Waals surface area contributed by atoms with Crippen LogP contribution < -0.4 is 0 Å². The number of carbonyl (C=O) groups is 1. The Bertz CT molecular complexity index is 1070. The van der Waals surface area contributed by atoms with Gasteiger partial charge >= 0.3 is 0 Å². The van der Waals surface area contributed by atoms with Gasteiger partial charge in [-0.1, -0.05) is 91.0 Å². The Morgan fingerprint density at radius 3 is 1.77 bits per heavy atom. The van der Waals surface area contributed by atoms with Crippen LogP contribution in [0.4, 0.5) is 0 Å². The maximum Gasteiger partial charge on any atom is 0.225 e. The number of hydrogen-bond donors (Lipinski definition) is 0. The van der Waals surface area contributed by atoms with Gasteiger partial charge in [-0.25, -0.2) is 0 Å². The molecule has 1 fully saturated rings. The summed E-state index contributed by atoms with van der Waals surface area (Å²) < 4.78 is 13.3. The first-order valence-corrected chi connectivity index (χ1v) is 10.3. The lowest BCUT2D eigenvalue weighted by Gasteiger charge is -2.34. The van der Waals surface area contributed by atoms with E-state index in [1.165, 1.54) is 0 Å². The lowest BCUT2D eigenvalue weighted by molar-refractivity contribution is -0.218. The Kier molecular flexibility index (Phi) is 4.19. The Hall–Kier alpha value is -3.17. The predicted octanol–water partition coefficient (Wildman–Crippen LogP) is 5.71. The average molecular weight is 396 g/mol. The van der Waals surface area contributed by atoms with E-state index in [2.05, 4.69) is 24.3 Å². The summed E-state index contributed by atoms with van der Waals surface area (Å²) in [6, 6.07) is 30.1. The van der Waals surface area contributed by atoms with E-state index in [0.717, 1.165) is 16.7 Å². The molecular formula is C27H24O3. The minimum Gasteiger partial charge on any atom is -0.461 e. The van der Waals surface area contributed by atoms with Crippen LogP contribution in [0.15, 0.2) is 97.1 Å². The van der Waals surface area contributed by atoms with Gasteiger partial charge in [0.15, 0.2) is 0 Å². The van der Waals surface area contributed by atoms with E-state index in [0.29, 0.717) is 12.2 Å². The normalized spacial score (nSPS) is 26.5. The number of rotatable bonds is 4. The van der Waals surface area contributed by atoms with Gasteiger partial charge in [0, 0.05) is 18.9 Å². The van der Waals surface area contributed by atoms with Gasteiger partial charge in [0.25, 0.3) is 0 Å². The molecule has 1 saturated heterocycles. The van der Waals surface area contributed by atoms with E-state index in [1.54, 1.807) is 6.92 Å². The zero-order chi connectivity index (χ0) is 20.8. The Morgan fingerprint density at radius 1 is 0.800 bits per heavy atom. The molecule has 30 heavy (non-hydrogen) atoms. The second-order valence-electron chi connectivity index (χ2n) is 8.29. The Balaban J connectivity index is 1.70. The molecule has 3 nitrogen and oxygen atoms in total.